The van der Waals surface area contributed by atoms with Gasteiger partial charge in [0.25, 0.3) is 0 Å². The van der Waals surface area contributed by atoms with Gasteiger partial charge in [-0.15, -0.1) is 0 Å². The summed E-state index contributed by atoms with van der Waals surface area (Å²) < 4.78 is 30.0. The first-order chi connectivity index (χ1) is 6.24. The van der Waals surface area contributed by atoms with E-state index in [0.29, 0.717) is 18.4 Å². The Balaban J connectivity index is 2.81. The largest absolute Gasteiger partial charge is 0.369 e. The van der Waals surface area contributed by atoms with Crippen LogP contribution in [0, 0.1) is 0 Å². The highest BCUT2D eigenvalue weighted by Gasteiger charge is 2.36. The fourth-order valence-electron chi connectivity index (χ4n) is 1.58. The molecule has 1 rings (SSSR count). The van der Waals surface area contributed by atoms with Crippen LogP contribution in [0.3, 0.4) is 0 Å². The summed E-state index contributed by atoms with van der Waals surface area (Å²) >= 11 is 3.31. The number of morpholine rings is 1. The molecule has 6 heteroatoms. The Kier molecular flexibility index (Phi) is 3.62. The van der Waals surface area contributed by atoms with Crippen LogP contribution >= 0.6 is 15.9 Å². The second-order valence-electron chi connectivity index (χ2n) is 4.21. The zero-order chi connectivity index (χ0) is 11.0. The maximum atomic E-state index is 11.4. The number of halogens is 1. The summed E-state index contributed by atoms with van der Waals surface area (Å²) in [4.78, 5) is 0. The Morgan fingerprint density at radius 3 is 2.57 bits per heavy atom. The lowest BCUT2D eigenvalue weighted by atomic mass is 10.1. The Morgan fingerprint density at radius 1 is 1.57 bits per heavy atom. The zero-order valence-corrected chi connectivity index (χ0v) is 11.1. The van der Waals surface area contributed by atoms with Crippen molar-refractivity contribution in [1.29, 1.82) is 0 Å². The molecule has 0 aliphatic carbocycles. The quantitative estimate of drug-likeness (QED) is 0.706. The lowest BCUT2D eigenvalue weighted by molar-refractivity contribution is -0.106. The van der Waals surface area contributed by atoms with Crippen molar-refractivity contribution in [2.75, 3.05) is 24.7 Å². The van der Waals surface area contributed by atoms with Gasteiger partial charge in [-0.2, -0.15) is 4.31 Å². The van der Waals surface area contributed by atoms with E-state index in [2.05, 4.69) is 15.9 Å². The van der Waals surface area contributed by atoms with Gasteiger partial charge in [0.2, 0.25) is 10.0 Å². The molecule has 0 radical (unpaired) electrons. The van der Waals surface area contributed by atoms with Crippen molar-refractivity contribution >= 4 is 26.0 Å². The molecular weight excluding hydrogens is 270 g/mol. The lowest BCUT2D eigenvalue weighted by Gasteiger charge is -2.41. The molecule has 4 nitrogen and oxygen atoms in total. The van der Waals surface area contributed by atoms with E-state index in [1.165, 1.54) is 10.6 Å². The molecule has 14 heavy (non-hydrogen) atoms. The standard InChI is InChI=1S/C8H16BrNO3S/c1-8(2)6-10(14(3,11)12)5-7(4-9)13-8/h7H,4-6H2,1-3H3. The monoisotopic (exact) mass is 285 g/mol. The smallest absolute Gasteiger partial charge is 0.211 e. The number of ether oxygens (including phenoxy) is 1. The van der Waals surface area contributed by atoms with E-state index in [-0.39, 0.29) is 6.10 Å². The molecule has 1 unspecified atom stereocenters. The third kappa shape index (κ3) is 3.18. The van der Waals surface area contributed by atoms with Gasteiger partial charge >= 0.3 is 0 Å². The first kappa shape index (κ1) is 12.4. The first-order valence-corrected chi connectivity index (χ1v) is 7.40. The van der Waals surface area contributed by atoms with Crippen LogP contribution in [0.5, 0.6) is 0 Å². The minimum absolute atomic E-state index is 0.0616. The van der Waals surface area contributed by atoms with Gasteiger partial charge in [-0.3, -0.25) is 0 Å². The summed E-state index contributed by atoms with van der Waals surface area (Å²) in [7, 11) is -3.11. The topological polar surface area (TPSA) is 46.6 Å². The SMILES string of the molecule is CC1(C)CN(S(C)(=O)=O)CC(CBr)O1. The van der Waals surface area contributed by atoms with Gasteiger partial charge < -0.3 is 4.74 Å². The maximum Gasteiger partial charge on any atom is 0.211 e. The van der Waals surface area contributed by atoms with Crippen molar-refractivity contribution in [2.45, 2.75) is 25.6 Å². The van der Waals surface area contributed by atoms with Crippen molar-refractivity contribution in [3.05, 3.63) is 0 Å². The summed E-state index contributed by atoms with van der Waals surface area (Å²) in [5, 5.41) is 0.655. The van der Waals surface area contributed by atoms with Gasteiger partial charge in [-0.25, -0.2) is 8.42 Å². The van der Waals surface area contributed by atoms with Gasteiger partial charge in [0.15, 0.2) is 0 Å². The van der Waals surface area contributed by atoms with E-state index in [1.54, 1.807) is 0 Å². The average molecular weight is 286 g/mol. The zero-order valence-electron chi connectivity index (χ0n) is 8.66. The Bertz CT molecular complexity index is 302. The number of nitrogens with zero attached hydrogens (tertiary/aromatic N) is 1. The normalized spacial score (nSPS) is 29.0. The molecule has 1 aliphatic rings. The van der Waals surface area contributed by atoms with E-state index in [4.69, 9.17) is 4.74 Å². The number of hydrogen-bond donors (Lipinski definition) is 0. The number of rotatable bonds is 2. The highest BCUT2D eigenvalue weighted by atomic mass is 79.9. The van der Waals surface area contributed by atoms with Crippen LogP contribution in [-0.2, 0) is 14.8 Å². The molecule has 1 fully saturated rings. The summed E-state index contributed by atoms with van der Waals surface area (Å²) in [6.45, 7) is 4.67. The molecule has 0 aromatic rings. The second-order valence-corrected chi connectivity index (χ2v) is 6.84. The van der Waals surface area contributed by atoms with Crippen molar-refractivity contribution < 1.29 is 13.2 Å². The average Bonchev–Trinajstić information content (AvgIpc) is 1.99. The van der Waals surface area contributed by atoms with Gasteiger partial charge in [-0.05, 0) is 13.8 Å². The van der Waals surface area contributed by atoms with Crippen LogP contribution in [-0.4, -0.2) is 49.1 Å². The maximum absolute atomic E-state index is 11.4. The van der Waals surface area contributed by atoms with Gasteiger partial charge in [0, 0.05) is 18.4 Å². The van der Waals surface area contributed by atoms with Crippen LogP contribution in [0.25, 0.3) is 0 Å². The van der Waals surface area contributed by atoms with E-state index in [1.807, 2.05) is 13.8 Å². The van der Waals surface area contributed by atoms with E-state index in [9.17, 15) is 8.42 Å². The van der Waals surface area contributed by atoms with Crippen molar-refractivity contribution in [3.8, 4) is 0 Å². The highest BCUT2D eigenvalue weighted by Crippen LogP contribution is 2.23. The number of hydrogen-bond acceptors (Lipinski definition) is 3. The fraction of sp³-hybridized carbons (Fsp3) is 1.00. The summed E-state index contributed by atoms with van der Waals surface area (Å²) in [5.74, 6) is 0. The summed E-state index contributed by atoms with van der Waals surface area (Å²) in [6, 6.07) is 0. The number of alkyl halides is 1. The predicted octanol–water partition coefficient (Wildman–Crippen LogP) is 0.820. The van der Waals surface area contributed by atoms with E-state index in [0.717, 1.165) is 0 Å². The van der Waals surface area contributed by atoms with Crippen LogP contribution < -0.4 is 0 Å². The first-order valence-electron chi connectivity index (χ1n) is 4.43. The fourth-order valence-corrected chi connectivity index (χ4v) is 2.89. The minimum Gasteiger partial charge on any atom is -0.369 e. The second kappa shape index (κ2) is 4.08. The van der Waals surface area contributed by atoms with Gasteiger partial charge in [-0.1, -0.05) is 15.9 Å². The van der Waals surface area contributed by atoms with Crippen LogP contribution in [0.4, 0.5) is 0 Å². The van der Waals surface area contributed by atoms with Crippen molar-refractivity contribution in [3.63, 3.8) is 0 Å². The Labute approximate surface area is 93.8 Å². The molecule has 1 aliphatic heterocycles. The van der Waals surface area contributed by atoms with Crippen LogP contribution in [0.1, 0.15) is 13.8 Å². The Morgan fingerprint density at radius 2 is 2.14 bits per heavy atom. The molecule has 0 amide bonds. The summed E-state index contributed by atoms with van der Waals surface area (Å²) in [6.07, 6.45) is 1.17. The molecule has 1 atom stereocenters. The molecule has 1 heterocycles. The van der Waals surface area contributed by atoms with E-state index < -0.39 is 15.6 Å². The van der Waals surface area contributed by atoms with Gasteiger partial charge in [0.1, 0.15) is 0 Å². The Hall–Kier alpha value is 0.350. The third-order valence-electron chi connectivity index (χ3n) is 2.09. The molecule has 0 spiro atoms. The van der Waals surface area contributed by atoms with Crippen molar-refractivity contribution in [2.24, 2.45) is 0 Å². The predicted molar refractivity (Wildman–Crippen MR) is 59.2 cm³/mol. The van der Waals surface area contributed by atoms with Crippen molar-refractivity contribution in [1.82, 2.24) is 4.31 Å². The lowest BCUT2D eigenvalue weighted by Crippen LogP contribution is -2.54. The molecular formula is C8H16BrNO3S. The minimum atomic E-state index is -3.11. The molecule has 0 aromatic heterocycles. The number of sulfonamides is 1. The molecule has 0 N–H and O–H groups in total. The van der Waals surface area contributed by atoms with E-state index >= 15 is 0 Å². The van der Waals surface area contributed by atoms with Crippen LogP contribution in [0.15, 0.2) is 0 Å². The van der Waals surface area contributed by atoms with Gasteiger partial charge in [0.05, 0.1) is 18.0 Å². The molecule has 84 valence electrons. The molecule has 0 saturated carbocycles. The molecule has 1 saturated heterocycles. The molecule has 0 bridgehead atoms. The van der Waals surface area contributed by atoms with Crippen LogP contribution in [0.2, 0.25) is 0 Å². The molecule has 0 aromatic carbocycles. The summed E-state index contributed by atoms with van der Waals surface area (Å²) in [5.41, 5.74) is -0.403. The highest BCUT2D eigenvalue weighted by molar-refractivity contribution is 9.09. The third-order valence-corrected chi connectivity index (χ3v) is 4.03.